The Morgan fingerprint density at radius 2 is 2.04 bits per heavy atom. The SMILES string of the molecule is COc1cc(S(=O)(=O)NCCCc2csc(N)n2)c(C)cc1C. The molecule has 0 saturated heterocycles. The lowest BCUT2D eigenvalue weighted by Gasteiger charge is -2.12. The van der Waals surface area contributed by atoms with Crippen molar-refractivity contribution >= 4 is 26.5 Å². The van der Waals surface area contributed by atoms with Gasteiger partial charge in [0, 0.05) is 18.0 Å². The van der Waals surface area contributed by atoms with Gasteiger partial charge < -0.3 is 10.5 Å². The average molecular weight is 355 g/mol. The number of ether oxygens (including phenoxy) is 1. The molecule has 0 amide bonds. The van der Waals surface area contributed by atoms with Crippen LogP contribution in [0, 0.1) is 13.8 Å². The van der Waals surface area contributed by atoms with Crippen molar-refractivity contribution in [1.82, 2.24) is 9.71 Å². The zero-order chi connectivity index (χ0) is 17.0. The van der Waals surface area contributed by atoms with E-state index in [9.17, 15) is 8.42 Å². The summed E-state index contributed by atoms with van der Waals surface area (Å²) in [4.78, 5) is 4.40. The summed E-state index contributed by atoms with van der Waals surface area (Å²) in [5, 5.41) is 2.42. The Kier molecular flexibility index (Phi) is 5.61. The quantitative estimate of drug-likeness (QED) is 0.743. The topological polar surface area (TPSA) is 94.3 Å². The number of aromatic nitrogens is 1. The number of nitrogens with two attached hydrogens (primary N) is 1. The molecule has 0 aliphatic carbocycles. The highest BCUT2D eigenvalue weighted by molar-refractivity contribution is 7.89. The molecule has 0 radical (unpaired) electrons. The van der Waals surface area contributed by atoms with Crippen molar-refractivity contribution < 1.29 is 13.2 Å². The first-order valence-corrected chi connectivity index (χ1v) is 9.54. The number of sulfonamides is 1. The minimum atomic E-state index is -3.56. The molecule has 0 fully saturated rings. The van der Waals surface area contributed by atoms with Gasteiger partial charge >= 0.3 is 0 Å². The van der Waals surface area contributed by atoms with E-state index in [4.69, 9.17) is 10.5 Å². The van der Waals surface area contributed by atoms with E-state index in [2.05, 4.69) is 9.71 Å². The summed E-state index contributed by atoms with van der Waals surface area (Å²) in [7, 11) is -2.03. The second kappa shape index (κ2) is 7.29. The lowest BCUT2D eigenvalue weighted by molar-refractivity contribution is 0.410. The smallest absolute Gasteiger partial charge is 0.240 e. The highest BCUT2D eigenvalue weighted by Gasteiger charge is 2.18. The molecule has 0 spiro atoms. The summed E-state index contributed by atoms with van der Waals surface area (Å²) in [6, 6.07) is 3.37. The van der Waals surface area contributed by atoms with Crippen molar-refractivity contribution in [2.75, 3.05) is 19.4 Å². The molecule has 2 aromatic rings. The second-order valence-electron chi connectivity index (χ2n) is 5.27. The Labute approximate surface area is 140 Å². The number of rotatable bonds is 7. The predicted octanol–water partition coefficient (Wildman–Crippen LogP) is 2.26. The molecule has 8 heteroatoms. The van der Waals surface area contributed by atoms with Crippen molar-refractivity contribution in [3.63, 3.8) is 0 Å². The van der Waals surface area contributed by atoms with Crippen molar-refractivity contribution in [2.45, 2.75) is 31.6 Å². The summed E-state index contributed by atoms with van der Waals surface area (Å²) in [5.41, 5.74) is 8.06. The summed E-state index contributed by atoms with van der Waals surface area (Å²) in [5.74, 6) is 0.564. The van der Waals surface area contributed by atoms with Crippen LogP contribution in [0.1, 0.15) is 23.2 Å². The van der Waals surface area contributed by atoms with Gasteiger partial charge in [-0.05, 0) is 37.8 Å². The molecule has 1 aromatic carbocycles. The molecule has 2 rings (SSSR count). The van der Waals surface area contributed by atoms with E-state index in [-0.39, 0.29) is 4.90 Å². The first kappa shape index (κ1) is 17.7. The fourth-order valence-electron chi connectivity index (χ4n) is 2.31. The number of aryl methyl sites for hydroxylation is 3. The Morgan fingerprint density at radius 3 is 2.65 bits per heavy atom. The third-order valence-electron chi connectivity index (χ3n) is 3.45. The predicted molar refractivity (Wildman–Crippen MR) is 92.5 cm³/mol. The van der Waals surface area contributed by atoms with Crippen LogP contribution in [0.15, 0.2) is 22.4 Å². The molecule has 23 heavy (non-hydrogen) atoms. The summed E-state index contributed by atoms with van der Waals surface area (Å²) in [6.45, 7) is 4.00. The zero-order valence-corrected chi connectivity index (χ0v) is 15.1. The first-order valence-electron chi connectivity index (χ1n) is 7.18. The zero-order valence-electron chi connectivity index (χ0n) is 13.4. The van der Waals surface area contributed by atoms with Crippen molar-refractivity contribution in [3.8, 4) is 5.75 Å². The molecular formula is C15H21N3O3S2. The lowest BCUT2D eigenvalue weighted by Crippen LogP contribution is -2.26. The number of thiazole rings is 1. The van der Waals surface area contributed by atoms with Gasteiger partial charge in [-0.2, -0.15) is 0 Å². The van der Waals surface area contributed by atoms with Crippen LogP contribution in [0.5, 0.6) is 5.75 Å². The molecule has 0 saturated carbocycles. The van der Waals surface area contributed by atoms with E-state index >= 15 is 0 Å². The monoisotopic (exact) mass is 355 g/mol. The first-order chi connectivity index (χ1) is 10.8. The molecule has 0 atom stereocenters. The van der Waals surface area contributed by atoms with Crippen LogP contribution in [0.2, 0.25) is 0 Å². The molecule has 0 aliphatic rings. The van der Waals surface area contributed by atoms with E-state index in [1.54, 1.807) is 13.0 Å². The van der Waals surface area contributed by atoms with Crippen LogP contribution in [0.4, 0.5) is 5.13 Å². The van der Waals surface area contributed by atoms with Gasteiger partial charge in [0.2, 0.25) is 10.0 Å². The van der Waals surface area contributed by atoms with Gasteiger partial charge in [0.15, 0.2) is 5.13 Å². The minimum Gasteiger partial charge on any atom is -0.496 e. The van der Waals surface area contributed by atoms with Gasteiger partial charge in [-0.1, -0.05) is 6.07 Å². The van der Waals surface area contributed by atoms with Crippen molar-refractivity contribution in [2.24, 2.45) is 0 Å². The highest BCUT2D eigenvalue weighted by Crippen LogP contribution is 2.25. The molecule has 0 unspecified atom stereocenters. The van der Waals surface area contributed by atoms with Gasteiger partial charge in [-0.15, -0.1) is 11.3 Å². The third-order valence-corrected chi connectivity index (χ3v) is 5.78. The average Bonchev–Trinajstić information content (AvgIpc) is 2.89. The number of hydrogen-bond donors (Lipinski definition) is 2. The second-order valence-corrected chi connectivity index (χ2v) is 7.89. The van der Waals surface area contributed by atoms with E-state index < -0.39 is 10.0 Å². The van der Waals surface area contributed by atoms with Gasteiger partial charge in [0.05, 0.1) is 17.7 Å². The molecular weight excluding hydrogens is 334 g/mol. The van der Waals surface area contributed by atoms with Gasteiger partial charge in [0.25, 0.3) is 0 Å². The Morgan fingerprint density at radius 1 is 1.30 bits per heavy atom. The molecule has 6 nitrogen and oxygen atoms in total. The molecule has 0 bridgehead atoms. The van der Waals surface area contributed by atoms with E-state index in [0.29, 0.717) is 35.8 Å². The summed E-state index contributed by atoms with van der Waals surface area (Å²) >= 11 is 1.39. The van der Waals surface area contributed by atoms with Crippen molar-refractivity contribution in [3.05, 3.63) is 34.3 Å². The van der Waals surface area contributed by atoms with Crippen LogP contribution in [0.25, 0.3) is 0 Å². The van der Waals surface area contributed by atoms with Gasteiger partial charge in [0.1, 0.15) is 5.75 Å². The molecule has 3 N–H and O–H groups in total. The third kappa shape index (κ3) is 4.43. The van der Waals surface area contributed by atoms with E-state index in [1.807, 2.05) is 18.4 Å². The van der Waals surface area contributed by atoms with Crippen LogP contribution in [-0.2, 0) is 16.4 Å². The number of hydrogen-bond acceptors (Lipinski definition) is 6. The normalized spacial score (nSPS) is 11.6. The van der Waals surface area contributed by atoms with Gasteiger partial charge in [-0.25, -0.2) is 18.1 Å². The number of benzene rings is 1. The fraction of sp³-hybridized carbons (Fsp3) is 0.400. The molecule has 0 aliphatic heterocycles. The Balaban J connectivity index is 2.01. The number of nitrogens with zero attached hydrogens (tertiary/aromatic N) is 1. The molecule has 1 heterocycles. The lowest BCUT2D eigenvalue weighted by atomic mass is 10.1. The Bertz CT molecular complexity index is 785. The van der Waals surface area contributed by atoms with Crippen LogP contribution in [0.3, 0.4) is 0 Å². The largest absolute Gasteiger partial charge is 0.496 e. The molecule has 1 aromatic heterocycles. The number of nitrogens with one attached hydrogen (secondary N) is 1. The van der Waals surface area contributed by atoms with Crippen LogP contribution in [-0.4, -0.2) is 27.1 Å². The maximum absolute atomic E-state index is 12.4. The minimum absolute atomic E-state index is 0.248. The van der Waals surface area contributed by atoms with Crippen LogP contribution < -0.4 is 15.2 Å². The maximum Gasteiger partial charge on any atom is 0.240 e. The summed E-state index contributed by atoms with van der Waals surface area (Å²) < 4.78 is 32.7. The van der Waals surface area contributed by atoms with E-state index in [0.717, 1.165) is 11.3 Å². The number of nitrogen functional groups attached to an aromatic ring is 1. The number of methoxy groups -OCH3 is 1. The molecule has 126 valence electrons. The highest BCUT2D eigenvalue weighted by atomic mass is 32.2. The maximum atomic E-state index is 12.4. The Hall–Kier alpha value is -1.64. The fourth-order valence-corrected chi connectivity index (χ4v) is 4.23. The van der Waals surface area contributed by atoms with Crippen LogP contribution >= 0.6 is 11.3 Å². The standard InChI is InChI=1S/C15H21N3O3S2/c1-10-7-11(2)14(8-13(10)21-3)23(19,20)17-6-4-5-12-9-22-15(16)18-12/h7-9,17H,4-6H2,1-3H3,(H2,16,18). The van der Waals surface area contributed by atoms with E-state index in [1.165, 1.54) is 18.4 Å². The summed E-state index contributed by atoms with van der Waals surface area (Å²) in [6.07, 6.45) is 1.34. The van der Waals surface area contributed by atoms with Gasteiger partial charge in [-0.3, -0.25) is 0 Å². The van der Waals surface area contributed by atoms with Crippen molar-refractivity contribution in [1.29, 1.82) is 0 Å². The number of anilines is 1.